The number of hydrogen-bond donors (Lipinski definition) is 1. The summed E-state index contributed by atoms with van der Waals surface area (Å²) < 4.78 is 6.64. The molecule has 28 heavy (non-hydrogen) atoms. The Morgan fingerprint density at radius 1 is 1.07 bits per heavy atom. The van der Waals surface area contributed by atoms with Gasteiger partial charge in [0.05, 0.1) is 17.7 Å². The summed E-state index contributed by atoms with van der Waals surface area (Å²) in [5.74, 6) is 2.44. The predicted octanol–water partition coefficient (Wildman–Crippen LogP) is 3.37. The Morgan fingerprint density at radius 3 is 2.43 bits per heavy atom. The van der Waals surface area contributed by atoms with Crippen molar-refractivity contribution in [2.75, 3.05) is 26.2 Å². The summed E-state index contributed by atoms with van der Waals surface area (Å²) in [5.41, 5.74) is 5.47. The van der Waals surface area contributed by atoms with Gasteiger partial charge in [-0.25, -0.2) is 0 Å². The predicted molar refractivity (Wildman–Crippen MR) is 109 cm³/mol. The number of nitriles is 1. The standard InChI is InChI=1S/C24H27N3O/c1-15-7-20(8-16(2)22(15)10-25)28-24-21-6-4-3-5-17(21)9-23(24)27-13-18-11-26-12-19(18)14-27/h3-8,18-19,23-24,26H,9,11-14H2,1-2H3/t18-,19+,23-,24-/m1/s1. The summed E-state index contributed by atoms with van der Waals surface area (Å²) in [5, 5.41) is 12.9. The topological polar surface area (TPSA) is 48.3 Å². The van der Waals surface area contributed by atoms with Crippen molar-refractivity contribution in [2.45, 2.75) is 32.4 Å². The van der Waals surface area contributed by atoms with Crippen LogP contribution in [0.4, 0.5) is 0 Å². The highest BCUT2D eigenvalue weighted by Gasteiger charge is 2.44. The van der Waals surface area contributed by atoms with Gasteiger partial charge in [0.1, 0.15) is 11.9 Å². The van der Waals surface area contributed by atoms with E-state index in [2.05, 4.69) is 40.6 Å². The van der Waals surface area contributed by atoms with Crippen LogP contribution in [-0.4, -0.2) is 37.1 Å². The lowest BCUT2D eigenvalue weighted by Gasteiger charge is -2.31. The SMILES string of the molecule is Cc1cc(O[C@@H]2c3ccccc3C[C@H]2N2C[C@H]3CNC[C@H]3C2)cc(C)c1C#N. The van der Waals surface area contributed by atoms with Crippen LogP contribution in [0.2, 0.25) is 0 Å². The molecule has 1 aliphatic carbocycles. The Hall–Kier alpha value is -2.35. The molecular weight excluding hydrogens is 346 g/mol. The van der Waals surface area contributed by atoms with E-state index in [-0.39, 0.29) is 6.10 Å². The first-order valence-corrected chi connectivity index (χ1v) is 10.3. The highest BCUT2D eigenvalue weighted by atomic mass is 16.5. The molecule has 0 radical (unpaired) electrons. The molecule has 3 aliphatic rings. The van der Waals surface area contributed by atoms with Crippen molar-refractivity contribution in [1.82, 2.24) is 10.2 Å². The van der Waals surface area contributed by atoms with Crippen LogP contribution in [0.3, 0.4) is 0 Å². The van der Waals surface area contributed by atoms with Crippen molar-refractivity contribution < 1.29 is 4.74 Å². The number of aryl methyl sites for hydroxylation is 2. The van der Waals surface area contributed by atoms with Gasteiger partial charge >= 0.3 is 0 Å². The second kappa shape index (κ2) is 6.92. The van der Waals surface area contributed by atoms with Crippen LogP contribution in [0.25, 0.3) is 0 Å². The number of likely N-dealkylation sites (tertiary alicyclic amines) is 1. The van der Waals surface area contributed by atoms with Crippen molar-refractivity contribution in [3.05, 3.63) is 64.2 Å². The van der Waals surface area contributed by atoms with Gasteiger partial charge in [0.2, 0.25) is 0 Å². The average molecular weight is 374 g/mol. The normalized spacial score (nSPS) is 28.8. The maximum Gasteiger partial charge on any atom is 0.140 e. The zero-order valence-corrected chi connectivity index (χ0v) is 16.6. The fourth-order valence-corrected chi connectivity index (χ4v) is 5.48. The van der Waals surface area contributed by atoms with E-state index in [1.807, 2.05) is 26.0 Å². The third-order valence-electron chi connectivity index (χ3n) is 6.91. The molecule has 0 spiro atoms. The number of fused-ring (bicyclic) bond motifs is 2. The molecule has 2 aliphatic heterocycles. The minimum Gasteiger partial charge on any atom is -0.484 e. The molecule has 0 amide bonds. The third kappa shape index (κ3) is 2.90. The fraction of sp³-hybridized carbons (Fsp3) is 0.458. The summed E-state index contributed by atoms with van der Waals surface area (Å²) >= 11 is 0. The Labute approximate surface area is 167 Å². The Kier molecular flexibility index (Phi) is 4.38. The minimum absolute atomic E-state index is 0.0507. The van der Waals surface area contributed by atoms with Crippen molar-refractivity contribution >= 4 is 0 Å². The molecule has 2 aromatic rings. The molecule has 0 bridgehead atoms. The largest absolute Gasteiger partial charge is 0.484 e. The van der Waals surface area contributed by atoms with Crippen LogP contribution in [0.5, 0.6) is 5.75 Å². The molecule has 2 aromatic carbocycles. The lowest BCUT2D eigenvalue weighted by Crippen LogP contribution is -2.40. The molecule has 1 N–H and O–H groups in total. The number of hydrogen-bond acceptors (Lipinski definition) is 4. The number of ether oxygens (including phenoxy) is 1. The van der Waals surface area contributed by atoms with Gasteiger partial charge in [-0.2, -0.15) is 5.26 Å². The Bertz CT molecular complexity index is 912. The summed E-state index contributed by atoms with van der Waals surface area (Å²) in [6.45, 7) is 8.63. The molecule has 0 unspecified atom stereocenters. The summed E-state index contributed by atoms with van der Waals surface area (Å²) in [6.07, 6.45) is 1.11. The number of benzene rings is 2. The zero-order chi connectivity index (χ0) is 19.3. The average Bonchev–Trinajstić information content (AvgIpc) is 3.35. The molecule has 2 heterocycles. The van der Waals surface area contributed by atoms with Gasteiger partial charge in [-0.05, 0) is 79.6 Å². The number of nitrogens with zero attached hydrogens (tertiary/aromatic N) is 2. The highest BCUT2D eigenvalue weighted by Crippen LogP contribution is 2.41. The van der Waals surface area contributed by atoms with Crippen molar-refractivity contribution in [3.63, 3.8) is 0 Å². The molecule has 2 saturated heterocycles. The van der Waals surface area contributed by atoms with Gasteiger partial charge in [-0.1, -0.05) is 24.3 Å². The molecule has 4 heteroatoms. The van der Waals surface area contributed by atoms with E-state index in [4.69, 9.17) is 4.74 Å². The van der Waals surface area contributed by atoms with Gasteiger partial charge in [0.25, 0.3) is 0 Å². The molecule has 0 aromatic heterocycles. The van der Waals surface area contributed by atoms with E-state index in [1.165, 1.54) is 24.2 Å². The summed E-state index contributed by atoms with van der Waals surface area (Å²) in [7, 11) is 0. The highest BCUT2D eigenvalue weighted by molar-refractivity contribution is 5.48. The number of rotatable bonds is 3. The Morgan fingerprint density at radius 2 is 1.75 bits per heavy atom. The maximum absolute atomic E-state index is 9.37. The van der Waals surface area contributed by atoms with Crippen LogP contribution in [0.1, 0.15) is 33.9 Å². The van der Waals surface area contributed by atoms with E-state index in [0.717, 1.165) is 53.8 Å². The quantitative estimate of drug-likeness (QED) is 0.896. The van der Waals surface area contributed by atoms with Crippen LogP contribution < -0.4 is 10.1 Å². The van der Waals surface area contributed by atoms with Crippen molar-refractivity contribution in [2.24, 2.45) is 11.8 Å². The molecule has 2 fully saturated rings. The van der Waals surface area contributed by atoms with Crippen LogP contribution in [-0.2, 0) is 6.42 Å². The molecule has 5 rings (SSSR count). The van der Waals surface area contributed by atoms with Crippen LogP contribution >= 0.6 is 0 Å². The second-order valence-corrected chi connectivity index (χ2v) is 8.68. The first-order valence-electron chi connectivity index (χ1n) is 10.3. The third-order valence-corrected chi connectivity index (χ3v) is 6.91. The van der Waals surface area contributed by atoms with E-state index in [9.17, 15) is 5.26 Å². The lowest BCUT2D eigenvalue weighted by molar-refractivity contribution is 0.0889. The summed E-state index contributed by atoms with van der Waals surface area (Å²) in [6, 6.07) is 15.5. The monoisotopic (exact) mass is 373 g/mol. The lowest BCUT2D eigenvalue weighted by atomic mass is 10.0. The summed E-state index contributed by atoms with van der Waals surface area (Å²) in [4.78, 5) is 2.67. The van der Waals surface area contributed by atoms with Gasteiger partial charge in [0.15, 0.2) is 0 Å². The van der Waals surface area contributed by atoms with Crippen LogP contribution in [0.15, 0.2) is 36.4 Å². The van der Waals surface area contributed by atoms with E-state index in [0.29, 0.717) is 6.04 Å². The minimum atomic E-state index is 0.0507. The smallest absolute Gasteiger partial charge is 0.140 e. The fourth-order valence-electron chi connectivity index (χ4n) is 5.48. The molecule has 4 atom stereocenters. The van der Waals surface area contributed by atoms with Gasteiger partial charge in [0, 0.05) is 13.1 Å². The zero-order valence-electron chi connectivity index (χ0n) is 16.6. The molecule has 4 nitrogen and oxygen atoms in total. The van der Waals surface area contributed by atoms with Crippen molar-refractivity contribution in [3.8, 4) is 11.8 Å². The molecule has 0 saturated carbocycles. The van der Waals surface area contributed by atoms with E-state index >= 15 is 0 Å². The van der Waals surface area contributed by atoms with E-state index in [1.54, 1.807) is 0 Å². The Balaban J connectivity index is 1.45. The van der Waals surface area contributed by atoms with E-state index < -0.39 is 0 Å². The van der Waals surface area contributed by atoms with Crippen LogP contribution in [0, 0.1) is 37.0 Å². The van der Waals surface area contributed by atoms with Crippen molar-refractivity contribution in [1.29, 1.82) is 5.26 Å². The van der Waals surface area contributed by atoms with Gasteiger partial charge in [-0.15, -0.1) is 0 Å². The first-order chi connectivity index (χ1) is 13.6. The first kappa shape index (κ1) is 17.7. The molecule has 144 valence electrons. The number of nitrogens with one attached hydrogen (secondary N) is 1. The second-order valence-electron chi connectivity index (χ2n) is 8.68. The van der Waals surface area contributed by atoms with Gasteiger partial charge in [-0.3, -0.25) is 4.90 Å². The maximum atomic E-state index is 9.37. The van der Waals surface area contributed by atoms with Gasteiger partial charge < -0.3 is 10.1 Å². The molecular formula is C24H27N3O.